The van der Waals surface area contributed by atoms with Crippen LogP contribution in [-0.4, -0.2) is 22.4 Å². The summed E-state index contributed by atoms with van der Waals surface area (Å²) in [5, 5.41) is 8.23. The van der Waals surface area contributed by atoms with E-state index in [1.54, 1.807) is 12.4 Å². The molecule has 1 aromatic heterocycles. The molecule has 0 amide bonds. The smallest absolute Gasteiger partial charge is 0.187 e. The van der Waals surface area contributed by atoms with E-state index in [2.05, 4.69) is 33.0 Å². The number of aromatic nitrogens is 1. The van der Waals surface area contributed by atoms with Crippen LogP contribution >= 0.6 is 12.2 Å². The minimum Gasteiger partial charge on any atom is -0.358 e. The van der Waals surface area contributed by atoms with Crippen molar-refractivity contribution >= 4 is 23.5 Å². The average molecular weight is 312 g/mol. The highest BCUT2D eigenvalue weighted by molar-refractivity contribution is 7.80. The molecule has 0 aliphatic heterocycles. The second kappa shape index (κ2) is 5.80. The Hall–Kier alpha value is -1.75. The lowest BCUT2D eigenvalue weighted by Gasteiger charge is -2.32. The van der Waals surface area contributed by atoms with Crippen LogP contribution in [0.3, 0.4) is 0 Å². The van der Waals surface area contributed by atoms with Gasteiger partial charge in [0, 0.05) is 12.2 Å². The summed E-state index contributed by atoms with van der Waals surface area (Å²) < 4.78 is 0. The fourth-order valence-corrected chi connectivity index (χ4v) is 4.73. The molecule has 4 rings (SSSR count). The average Bonchev–Trinajstić information content (AvgIpc) is 3.20. The Labute approximate surface area is 136 Å². The summed E-state index contributed by atoms with van der Waals surface area (Å²) in [7, 11) is 0. The first-order valence-corrected chi connectivity index (χ1v) is 8.39. The third-order valence-corrected chi connectivity index (χ3v) is 5.59. The summed E-state index contributed by atoms with van der Waals surface area (Å²) in [5.74, 6) is 3.30. The monoisotopic (exact) mass is 312 g/mol. The topological polar surface area (TPSA) is 49.3 Å². The van der Waals surface area contributed by atoms with Crippen LogP contribution in [0, 0.1) is 23.7 Å². The Morgan fingerprint density at radius 2 is 2.27 bits per heavy atom. The molecule has 0 radical (unpaired) electrons. The Kier molecular flexibility index (Phi) is 3.66. The lowest BCUT2D eigenvalue weighted by atomic mass is 9.79. The van der Waals surface area contributed by atoms with Crippen molar-refractivity contribution in [1.82, 2.24) is 15.7 Å². The van der Waals surface area contributed by atoms with Gasteiger partial charge in [0.05, 0.1) is 11.9 Å². The Morgan fingerprint density at radius 3 is 3.14 bits per heavy atom. The molecule has 0 aromatic carbocycles. The second-order valence-electron chi connectivity index (χ2n) is 6.50. The zero-order chi connectivity index (χ0) is 14.9. The highest BCUT2D eigenvalue weighted by Gasteiger charge is 2.52. The molecule has 1 heterocycles. The maximum atomic E-state index is 5.37. The van der Waals surface area contributed by atoms with Crippen molar-refractivity contribution in [2.45, 2.75) is 25.3 Å². The highest BCUT2D eigenvalue weighted by atomic mass is 32.1. The van der Waals surface area contributed by atoms with Crippen LogP contribution in [0.25, 0.3) is 0 Å². The first-order chi connectivity index (χ1) is 10.8. The third-order valence-electron chi connectivity index (χ3n) is 5.38. The molecule has 5 atom stereocenters. The van der Waals surface area contributed by atoms with Gasteiger partial charge in [0.1, 0.15) is 0 Å². The standard InChI is InChI=1S/C17H20N4S/c22-17(21-19-10-12-4-1-2-7-18-12)20-16-9-11-8-15(16)14-6-3-5-13(11)14/h1-4,6-7,10-11,13-16H,5,8-9H2,(H2,20,21,22)/b19-10-/t11-,13+,14+,15-,16+/m1/s1. The quantitative estimate of drug-likeness (QED) is 0.390. The number of hydrogen-bond acceptors (Lipinski definition) is 3. The first-order valence-electron chi connectivity index (χ1n) is 7.98. The predicted molar refractivity (Wildman–Crippen MR) is 91.4 cm³/mol. The molecule has 0 unspecified atom stereocenters. The Balaban J connectivity index is 1.30. The number of thiocarbonyl (C=S) groups is 1. The van der Waals surface area contributed by atoms with E-state index in [4.69, 9.17) is 12.2 Å². The number of rotatable bonds is 3. The molecule has 114 valence electrons. The Morgan fingerprint density at radius 1 is 1.32 bits per heavy atom. The second-order valence-corrected chi connectivity index (χ2v) is 6.91. The molecular formula is C17H20N4S. The van der Waals surface area contributed by atoms with E-state index in [0.717, 1.165) is 29.4 Å². The van der Waals surface area contributed by atoms with Gasteiger partial charge >= 0.3 is 0 Å². The first kappa shape index (κ1) is 13.9. The van der Waals surface area contributed by atoms with Crippen molar-refractivity contribution < 1.29 is 0 Å². The van der Waals surface area contributed by atoms with Crippen molar-refractivity contribution in [2.75, 3.05) is 0 Å². The fraction of sp³-hybridized carbons (Fsp3) is 0.471. The normalized spacial score (nSPS) is 35.0. The summed E-state index contributed by atoms with van der Waals surface area (Å²) in [6.07, 6.45) is 12.1. The fourth-order valence-electron chi connectivity index (χ4n) is 4.52. The van der Waals surface area contributed by atoms with Gasteiger partial charge in [-0.25, -0.2) is 0 Å². The molecule has 5 heteroatoms. The van der Waals surface area contributed by atoms with Gasteiger partial charge in [-0.1, -0.05) is 18.2 Å². The van der Waals surface area contributed by atoms with Crippen molar-refractivity contribution in [2.24, 2.45) is 28.8 Å². The molecule has 2 N–H and O–H groups in total. The molecule has 1 aromatic rings. The van der Waals surface area contributed by atoms with Gasteiger partial charge in [-0.2, -0.15) is 5.10 Å². The van der Waals surface area contributed by atoms with E-state index in [9.17, 15) is 0 Å². The molecule has 2 fully saturated rings. The van der Waals surface area contributed by atoms with E-state index in [1.165, 1.54) is 19.3 Å². The maximum Gasteiger partial charge on any atom is 0.187 e. The molecule has 2 saturated carbocycles. The van der Waals surface area contributed by atoms with Crippen molar-refractivity contribution in [1.29, 1.82) is 0 Å². The van der Waals surface area contributed by atoms with Gasteiger partial charge in [0.2, 0.25) is 0 Å². The number of hydrogen-bond donors (Lipinski definition) is 2. The minimum atomic E-state index is 0.499. The molecule has 3 aliphatic rings. The van der Waals surface area contributed by atoms with Crippen LogP contribution < -0.4 is 10.7 Å². The number of nitrogens with zero attached hydrogens (tertiary/aromatic N) is 2. The van der Waals surface area contributed by atoms with Gasteiger partial charge in [-0.15, -0.1) is 0 Å². The van der Waals surface area contributed by atoms with Gasteiger partial charge in [0.25, 0.3) is 0 Å². The van der Waals surface area contributed by atoms with Crippen LogP contribution in [0.4, 0.5) is 0 Å². The number of fused-ring (bicyclic) bond motifs is 5. The summed E-state index contributed by atoms with van der Waals surface area (Å²) in [4.78, 5) is 4.19. The summed E-state index contributed by atoms with van der Waals surface area (Å²) in [6, 6.07) is 6.23. The summed E-state index contributed by atoms with van der Waals surface area (Å²) in [6.45, 7) is 0. The Bertz CT molecular complexity index is 612. The lowest BCUT2D eigenvalue weighted by Crippen LogP contribution is -2.45. The number of allylic oxidation sites excluding steroid dienone is 2. The summed E-state index contributed by atoms with van der Waals surface area (Å²) >= 11 is 5.37. The highest BCUT2D eigenvalue weighted by Crippen LogP contribution is 2.56. The van der Waals surface area contributed by atoms with Crippen LogP contribution in [0.1, 0.15) is 25.0 Å². The third kappa shape index (κ3) is 2.54. The van der Waals surface area contributed by atoms with E-state index in [0.29, 0.717) is 11.2 Å². The molecule has 2 bridgehead atoms. The number of hydrazone groups is 1. The van der Waals surface area contributed by atoms with E-state index in [-0.39, 0.29) is 0 Å². The molecule has 3 aliphatic carbocycles. The van der Waals surface area contributed by atoms with Gasteiger partial charge < -0.3 is 5.32 Å². The van der Waals surface area contributed by atoms with E-state index >= 15 is 0 Å². The van der Waals surface area contributed by atoms with Gasteiger partial charge in [-0.3, -0.25) is 10.4 Å². The number of pyridine rings is 1. The largest absolute Gasteiger partial charge is 0.358 e. The minimum absolute atomic E-state index is 0.499. The van der Waals surface area contributed by atoms with Crippen molar-refractivity contribution in [3.63, 3.8) is 0 Å². The maximum absolute atomic E-state index is 5.37. The van der Waals surface area contributed by atoms with E-state index in [1.807, 2.05) is 18.2 Å². The zero-order valence-electron chi connectivity index (χ0n) is 12.4. The van der Waals surface area contributed by atoms with Crippen LogP contribution in [0.2, 0.25) is 0 Å². The van der Waals surface area contributed by atoms with Gasteiger partial charge in [0.15, 0.2) is 5.11 Å². The van der Waals surface area contributed by atoms with Crippen molar-refractivity contribution in [3.05, 3.63) is 42.2 Å². The number of nitrogens with one attached hydrogen (secondary N) is 2. The van der Waals surface area contributed by atoms with Crippen LogP contribution in [-0.2, 0) is 0 Å². The van der Waals surface area contributed by atoms with Crippen LogP contribution in [0.15, 0.2) is 41.6 Å². The van der Waals surface area contributed by atoms with Crippen molar-refractivity contribution in [3.8, 4) is 0 Å². The lowest BCUT2D eigenvalue weighted by molar-refractivity contribution is 0.246. The molecule has 0 saturated heterocycles. The SMILES string of the molecule is S=C(N/N=C\c1ccccn1)N[C@H]1C[C@H]2C[C@@H]1[C@H]1C=CC[C@@H]21. The molecular weight excluding hydrogens is 292 g/mol. The van der Waals surface area contributed by atoms with Crippen LogP contribution in [0.5, 0.6) is 0 Å². The van der Waals surface area contributed by atoms with E-state index < -0.39 is 0 Å². The zero-order valence-corrected chi connectivity index (χ0v) is 13.2. The van der Waals surface area contributed by atoms with Gasteiger partial charge in [-0.05, 0) is 67.3 Å². The molecule has 22 heavy (non-hydrogen) atoms. The molecule has 4 nitrogen and oxygen atoms in total. The molecule has 0 spiro atoms. The summed E-state index contributed by atoms with van der Waals surface area (Å²) in [5.41, 5.74) is 3.73. The predicted octanol–water partition coefficient (Wildman–Crippen LogP) is 2.48.